The molecule has 26 heavy (non-hydrogen) atoms. The van der Waals surface area contributed by atoms with Gasteiger partial charge in [0.25, 0.3) is 0 Å². The van der Waals surface area contributed by atoms with Gasteiger partial charge in [-0.05, 0) is 48.7 Å². The molecule has 1 amide bonds. The monoisotopic (exact) mass is 352 g/mol. The van der Waals surface area contributed by atoms with Gasteiger partial charge in [0.05, 0.1) is 5.41 Å². The van der Waals surface area contributed by atoms with Crippen LogP contribution in [0, 0.1) is 5.82 Å². The Kier molecular flexibility index (Phi) is 3.22. The van der Waals surface area contributed by atoms with E-state index in [1.54, 1.807) is 24.3 Å². The number of halogens is 1. The topological polar surface area (TPSA) is 63.4 Å². The summed E-state index contributed by atoms with van der Waals surface area (Å²) in [7, 11) is 0. The number of fused-ring (bicyclic) bond motifs is 2. The van der Waals surface area contributed by atoms with Crippen LogP contribution in [0.4, 0.5) is 10.1 Å². The lowest BCUT2D eigenvalue weighted by Crippen LogP contribution is -2.27. The van der Waals surface area contributed by atoms with Crippen LogP contribution in [-0.2, 0) is 10.2 Å². The number of hydrogen-bond acceptors (Lipinski definition) is 3. The average Bonchev–Trinajstić information content (AvgIpc) is 3.36. The van der Waals surface area contributed by atoms with Crippen LogP contribution in [0.25, 0.3) is 10.9 Å². The zero-order chi connectivity index (χ0) is 17.7. The van der Waals surface area contributed by atoms with E-state index in [0.29, 0.717) is 30.4 Å². The van der Waals surface area contributed by atoms with E-state index in [0.717, 1.165) is 29.3 Å². The molecule has 0 unspecified atom stereocenters. The molecule has 0 atom stereocenters. The minimum atomic E-state index is -0.612. The van der Waals surface area contributed by atoms with Crippen LogP contribution in [-0.4, -0.2) is 24.1 Å². The SMILES string of the molecule is O=C(Nc1ccc2c(c1)OCCO2)C1(c2c[nH]c3ccc(F)cc23)CC1. The standard InChI is InChI=1S/C20H17FN2O3/c21-12-1-3-16-14(9-12)15(11-22-16)20(5-6-20)19(24)23-13-2-4-17-18(10-13)26-8-7-25-17/h1-4,9-11,22H,5-8H2,(H,23,24). The number of aromatic nitrogens is 1. The minimum absolute atomic E-state index is 0.0839. The predicted octanol–water partition coefficient (Wildman–Crippen LogP) is 3.75. The highest BCUT2D eigenvalue weighted by atomic mass is 19.1. The molecule has 2 heterocycles. The van der Waals surface area contributed by atoms with Crippen molar-refractivity contribution in [2.45, 2.75) is 18.3 Å². The molecule has 1 aliphatic heterocycles. The predicted molar refractivity (Wildman–Crippen MR) is 95.2 cm³/mol. The molecule has 1 fully saturated rings. The highest BCUT2D eigenvalue weighted by Crippen LogP contribution is 2.51. The van der Waals surface area contributed by atoms with Gasteiger partial charge in [0.1, 0.15) is 19.0 Å². The van der Waals surface area contributed by atoms with Gasteiger partial charge in [-0.15, -0.1) is 0 Å². The van der Waals surface area contributed by atoms with Crippen LogP contribution in [0.1, 0.15) is 18.4 Å². The maximum absolute atomic E-state index is 13.7. The Balaban J connectivity index is 1.45. The quantitative estimate of drug-likeness (QED) is 0.755. The zero-order valence-electron chi connectivity index (χ0n) is 14.0. The lowest BCUT2D eigenvalue weighted by Gasteiger charge is -2.20. The lowest BCUT2D eigenvalue weighted by molar-refractivity contribution is -0.118. The van der Waals surface area contributed by atoms with Crippen molar-refractivity contribution in [1.29, 1.82) is 0 Å². The molecule has 2 N–H and O–H groups in total. The molecule has 0 bridgehead atoms. The second-order valence-electron chi connectivity index (χ2n) is 6.79. The van der Waals surface area contributed by atoms with E-state index < -0.39 is 5.41 Å². The third kappa shape index (κ3) is 2.33. The fraction of sp³-hybridized carbons (Fsp3) is 0.250. The van der Waals surface area contributed by atoms with E-state index >= 15 is 0 Å². The minimum Gasteiger partial charge on any atom is -0.486 e. The number of H-pyrrole nitrogens is 1. The third-order valence-electron chi connectivity index (χ3n) is 5.14. The molecule has 1 saturated carbocycles. The van der Waals surface area contributed by atoms with E-state index in [4.69, 9.17) is 9.47 Å². The molecule has 5 rings (SSSR count). The van der Waals surface area contributed by atoms with Crippen molar-refractivity contribution in [3.63, 3.8) is 0 Å². The lowest BCUT2D eigenvalue weighted by atomic mass is 9.94. The summed E-state index contributed by atoms with van der Waals surface area (Å²) in [6.07, 6.45) is 3.31. The van der Waals surface area contributed by atoms with Gasteiger partial charge in [-0.25, -0.2) is 4.39 Å². The van der Waals surface area contributed by atoms with Gasteiger partial charge in [-0.1, -0.05) is 0 Å². The summed E-state index contributed by atoms with van der Waals surface area (Å²) in [6, 6.07) is 9.97. The summed E-state index contributed by atoms with van der Waals surface area (Å²) in [5.74, 6) is 0.927. The second-order valence-corrected chi connectivity index (χ2v) is 6.79. The molecule has 2 aliphatic rings. The van der Waals surface area contributed by atoms with Crippen molar-refractivity contribution >= 4 is 22.5 Å². The first-order valence-corrected chi connectivity index (χ1v) is 8.64. The summed E-state index contributed by atoms with van der Waals surface area (Å²) < 4.78 is 24.7. The summed E-state index contributed by atoms with van der Waals surface area (Å²) in [6.45, 7) is 1.02. The molecule has 3 aromatic rings. The van der Waals surface area contributed by atoms with E-state index in [1.807, 2.05) is 6.20 Å². The molecule has 0 radical (unpaired) electrons. The molecule has 132 valence electrons. The normalized spacial score (nSPS) is 17.1. The van der Waals surface area contributed by atoms with Crippen LogP contribution in [0.5, 0.6) is 11.5 Å². The Morgan fingerprint density at radius 3 is 2.69 bits per heavy atom. The van der Waals surface area contributed by atoms with E-state index in [9.17, 15) is 9.18 Å². The Labute approximate surface area is 149 Å². The molecule has 2 aromatic carbocycles. The number of carbonyl (C=O) groups excluding carboxylic acids is 1. The number of anilines is 1. The molecule has 6 heteroatoms. The number of rotatable bonds is 3. The van der Waals surface area contributed by atoms with Gasteiger partial charge >= 0.3 is 0 Å². The largest absolute Gasteiger partial charge is 0.486 e. The van der Waals surface area contributed by atoms with E-state index in [-0.39, 0.29) is 11.7 Å². The molecular formula is C20H17FN2O3. The number of benzene rings is 2. The summed E-state index contributed by atoms with van der Waals surface area (Å²) in [4.78, 5) is 16.1. The third-order valence-corrected chi connectivity index (χ3v) is 5.14. The number of amides is 1. The van der Waals surface area contributed by atoms with Gasteiger partial charge in [0, 0.05) is 28.9 Å². The molecule has 0 saturated heterocycles. The molecule has 0 spiro atoms. The molecule has 1 aromatic heterocycles. The number of carbonyl (C=O) groups is 1. The molecular weight excluding hydrogens is 335 g/mol. The van der Waals surface area contributed by atoms with Crippen molar-refractivity contribution in [2.24, 2.45) is 0 Å². The van der Waals surface area contributed by atoms with Crippen LogP contribution < -0.4 is 14.8 Å². The maximum Gasteiger partial charge on any atom is 0.235 e. The van der Waals surface area contributed by atoms with Crippen molar-refractivity contribution in [3.05, 3.63) is 54.0 Å². The summed E-state index contributed by atoms with van der Waals surface area (Å²) in [5.41, 5.74) is 1.73. The van der Waals surface area contributed by atoms with Gasteiger partial charge < -0.3 is 19.8 Å². The second kappa shape index (κ2) is 5.49. The van der Waals surface area contributed by atoms with Crippen molar-refractivity contribution in [1.82, 2.24) is 4.98 Å². The van der Waals surface area contributed by atoms with Gasteiger partial charge in [0.2, 0.25) is 5.91 Å². The molecule has 1 aliphatic carbocycles. The number of hydrogen-bond donors (Lipinski definition) is 2. The Morgan fingerprint density at radius 1 is 1.08 bits per heavy atom. The zero-order valence-corrected chi connectivity index (χ0v) is 14.0. The number of ether oxygens (including phenoxy) is 2. The smallest absolute Gasteiger partial charge is 0.235 e. The molecule has 5 nitrogen and oxygen atoms in total. The van der Waals surface area contributed by atoms with Gasteiger partial charge in [-0.3, -0.25) is 4.79 Å². The fourth-order valence-electron chi connectivity index (χ4n) is 3.60. The first kappa shape index (κ1) is 15.3. The van der Waals surface area contributed by atoms with Crippen LogP contribution in [0.15, 0.2) is 42.6 Å². The summed E-state index contributed by atoms with van der Waals surface area (Å²) >= 11 is 0. The highest BCUT2D eigenvalue weighted by molar-refractivity contribution is 6.04. The van der Waals surface area contributed by atoms with E-state index in [2.05, 4.69) is 10.3 Å². The van der Waals surface area contributed by atoms with Gasteiger partial charge in [-0.2, -0.15) is 0 Å². The fourth-order valence-corrected chi connectivity index (χ4v) is 3.60. The van der Waals surface area contributed by atoms with Crippen LogP contribution >= 0.6 is 0 Å². The average molecular weight is 352 g/mol. The van der Waals surface area contributed by atoms with Crippen molar-refractivity contribution < 1.29 is 18.7 Å². The van der Waals surface area contributed by atoms with Crippen molar-refractivity contribution in [2.75, 3.05) is 18.5 Å². The van der Waals surface area contributed by atoms with Crippen LogP contribution in [0.2, 0.25) is 0 Å². The highest BCUT2D eigenvalue weighted by Gasteiger charge is 2.52. The van der Waals surface area contributed by atoms with Crippen LogP contribution in [0.3, 0.4) is 0 Å². The first-order valence-electron chi connectivity index (χ1n) is 8.64. The Hall–Kier alpha value is -3.02. The van der Waals surface area contributed by atoms with E-state index in [1.165, 1.54) is 12.1 Å². The Bertz CT molecular complexity index is 1020. The Morgan fingerprint density at radius 2 is 1.88 bits per heavy atom. The summed E-state index contributed by atoms with van der Waals surface area (Å²) in [5, 5.41) is 3.74. The van der Waals surface area contributed by atoms with Crippen molar-refractivity contribution in [3.8, 4) is 11.5 Å². The number of nitrogens with one attached hydrogen (secondary N) is 2. The number of aromatic amines is 1. The first-order chi connectivity index (χ1) is 12.7. The van der Waals surface area contributed by atoms with Gasteiger partial charge in [0.15, 0.2) is 11.5 Å². The maximum atomic E-state index is 13.7.